The second-order valence-corrected chi connectivity index (χ2v) is 5.40. The molecule has 0 aliphatic carbocycles. The van der Waals surface area contributed by atoms with Crippen LogP contribution in [0.3, 0.4) is 0 Å². The minimum atomic E-state index is -1.09. The van der Waals surface area contributed by atoms with Gasteiger partial charge in [-0.15, -0.1) is 0 Å². The SMILES string of the molecule is CCC(C)[C@H](NC(=O)C(CC(C)C)NC(N)=O)C(=O)O. The molecule has 0 aliphatic rings. The molecule has 7 nitrogen and oxygen atoms in total. The largest absolute Gasteiger partial charge is 0.480 e. The highest BCUT2D eigenvalue weighted by Crippen LogP contribution is 2.10. The Bertz CT molecular complexity index is 358. The van der Waals surface area contributed by atoms with Gasteiger partial charge in [-0.3, -0.25) is 4.79 Å². The monoisotopic (exact) mass is 287 g/mol. The fraction of sp³-hybridized carbons (Fsp3) is 0.769. The number of carbonyl (C=O) groups is 3. The molecule has 7 heteroatoms. The standard InChI is InChI=1S/C13H25N3O4/c1-5-8(4)10(12(18)19)16-11(17)9(6-7(2)3)15-13(14)20/h7-10H,5-6H2,1-4H3,(H,16,17)(H,18,19)(H3,14,15,20)/t8?,9?,10-/m0/s1. The Balaban J connectivity index is 4.86. The van der Waals surface area contributed by atoms with E-state index in [-0.39, 0.29) is 11.8 Å². The van der Waals surface area contributed by atoms with Gasteiger partial charge in [0.2, 0.25) is 5.91 Å². The molecule has 0 radical (unpaired) electrons. The molecule has 20 heavy (non-hydrogen) atoms. The molecule has 5 N–H and O–H groups in total. The summed E-state index contributed by atoms with van der Waals surface area (Å²) in [5, 5.41) is 14.0. The summed E-state index contributed by atoms with van der Waals surface area (Å²) in [4.78, 5) is 34.2. The van der Waals surface area contributed by atoms with Crippen LogP contribution >= 0.6 is 0 Å². The van der Waals surface area contributed by atoms with Crippen LogP contribution in [0.5, 0.6) is 0 Å². The van der Waals surface area contributed by atoms with Crippen molar-refractivity contribution >= 4 is 17.9 Å². The van der Waals surface area contributed by atoms with Crippen LogP contribution in [0, 0.1) is 11.8 Å². The van der Waals surface area contributed by atoms with E-state index in [2.05, 4.69) is 10.6 Å². The van der Waals surface area contributed by atoms with Crippen LogP contribution in [0.15, 0.2) is 0 Å². The summed E-state index contributed by atoms with van der Waals surface area (Å²) in [6.45, 7) is 7.39. The van der Waals surface area contributed by atoms with Crippen LogP contribution in [-0.4, -0.2) is 35.1 Å². The van der Waals surface area contributed by atoms with Crippen molar-refractivity contribution in [1.29, 1.82) is 0 Å². The molecule has 3 atom stereocenters. The Morgan fingerprint density at radius 3 is 2.05 bits per heavy atom. The summed E-state index contributed by atoms with van der Waals surface area (Å²) in [5.74, 6) is -1.66. The van der Waals surface area contributed by atoms with Gasteiger partial charge in [-0.1, -0.05) is 34.1 Å². The minimum absolute atomic E-state index is 0.157. The molecule has 0 aromatic carbocycles. The molecular formula is C13H25N3O4. The maximum absolute atomic E-state index is 12.1. The van der Waals surface area contributed by atoms with Crippen molar-refractivity contribution in [2.45, 2.75) is 52.6 Å². The van der Waals surface area contributed by atoms with E-state index < -0.39 is 30.0 Å². The average molecular weight is 287 g/mol. The molecule has 0 saturated heterocycles. The van der Waals surface area contributed by atoms with E-state index in [0.29, 0.717) is 12.8 Å². The van der Waals surface area contributed by atoms with Crippen LogP contribution in [-0.2, 0) is 9.59 Å². The van der Waals surface area contributed by atoms with Crippen LogP contribution in [0.25, 0.3) is 0 Å². The molecule has 116 valence electrons. The van der Waals surface area contributed by atoms with E-state index in [1.165, 1.54) is 0 Å². The highest BCUT2D eigenvalue weighted by Gasteiger charge is 2.29. The topological polar surface area (TPSA) is 122 Å². The Kier molecular flexibility index (Phi) is 7.64. The first kappa shape index (κ1) is 18.2. The van der Waals surface area contributed by atoms with Gasteiger partial charge in [0.05, 0.1) is 0 Å². The molecule has 0 spiro atoms. The number of carboxylic acid groups (broad SMARTS) is 1. The molecule has 0 fully saturated rings. The van der Waals surface area contributed by atoms with Crippen LogP contribution in [0.2, 0.25) is 0 Å². The normalized spacial score (nSPS) is 15.2. The number of carboxylic acids is 1. The maximum atomic E-state index is 12.1. The zero-order valence-corrected chi connectivity index (χ0v) is 12.5. The second-order valence-electron chi connectivity index (χ2n) is 5.40. The zero-order chi connectivity index (χ0) is 15.9. The van der Waals surface area contributed by atoms with E-state index in [1.807, 2.05) is 20.8 Å². The Morgan fingerprint density at radius 1 is 1.15 bits per heavy atom. The smallest absolute Gasteiger partial charge is 0.326 e. The molecule has 0 aromatic rings. The van der Waals surface area contributed by atoms with Crippen molar-refractivity contribution in [2.24, 2.45) is 17.6 Å². The lowest BCUT2D eigenvalue weighted by molar-refractivity contribution is -0.143. The first-order chi connectivity index (χ1) is 9.18. The third kappa shape index (κ3) is 6.40. The third-order valence-electron chi connectivity index (χ3n) is 3.12. The highest BCUT2D eigenvalue weighted by atomic mass is 16.4. The third-order valence-corrected chi connectivity index (χ3v) is 3.12. The first-order valence-electron chi connectivity index (χ1n) is 6.78. The van der Waals surface area contributed by atoms with Crippen LogP contribution < -0.4 is 16.4 Å². The Hall–Kier alpha value is -1.79. The average Bonchev–Trinajstić information content (AvgIpc) is 2.32. The van der Waals surface area contributed by atoms with Crippen molar-refractivity contribution in [3.8, 4) is 0 Å². The van der Waals surface area contributed by atoms with Gasteiger partial charge in [-0.25, -0.2) is 9.59 Å². The van der Waals surface area contributed by atoms with Gasteiger partial charge in [0, 0.05) is 0 Å². The lowest BCUT2D eigenvalue weighted by Crippen LogP contribution is -2.54. The number of hydrogen-bond donors (Lipinski definition) is 4. The Labute approximate surface area is 119 Å². The lowest BCUT2D eigenvalue weighted by Gasteiger charge is -2.24. The van der Waals surface area contributed by atoms with Gasteiger partial charge < -0.3 is 21.5 Å². The summed E-state index contributed by atoms with van der Waals surface area (Å²) in [5.41, 5.74) is 5.04. The molecule has 0 aromatic heterocycles. The number of aliphatic carboxylic acids is 1. The van der Waals surface area contributed by atoms with Crippen molar-refractivity contribution in [3.05, 3.63) is 0 Å². The number of nitrogens with one attached hydrogen (secondary N) is 2. The number of nitrogens with two attached hydrogens (primary N) is 1. The fourth-order valence-corrected chi connectivity index (χ4v) is 1.81. The molecule has 0 saturated carbocycles. The molecule has 0 bridgehead atoms. The number of primary amides is 1. The van der Waals surface area contributed by atoms with Gasteiger partial charge >= 0.3 is 12.0 Å². The van der Waals surface area contributed by atoms with Crippen molar-refractivity contribution < 1.29 is 19.5 Å². The van der Waals surface area contributed by atoms with E-state index in [1.54, 1.807) is 6.92 Å². The summed E-state index contributed by atoms with van der Waals surface area (Å²) >= 11 is 0. The fourth-order valence-electron chi connectivity index (χ4n) is 1.81. The van der Waals surface area contributed by atoms with E-state index in [9.17, 15) is 14.4 Å². The number of carbonyl (C=O) groups excluding carboxylic acids is 2. The van der Waals surface area contributed by atoms with Gasteiger partial charge in [0.25, 0.3) is 0 Å². The summed E-state index contributed by atoms with van der Waals surface area (Å²) in [7, 11) is 0. The van der Waals surface area contributed by atoms with Crippen LogP contribution in [0.4, 0.5) is 4.79 Å². The summed E-state index contributed by atoms with van der Waals surface area (Å²) < 4.78 is 0. The minimum Gasteiger partial charge on any atom is -0.480 e. The number of urea groups is 1. The molecule has 0 heterocycles. The summed E-state index contributed by atoms with van der Waals surface area (Å²) in [6, 6.07) is -2.60. The predicted molar refractivity (Wildman–Crippen MR) is 75.0 cm³/mol. The zero-order valence-electron chi connectivity index (χ0n) is 12.5. The lowest BCUT2D eigenvalue weighted by atomic mass is 9.97. The number of hydrogen-bond acceptors (Lipinski definition) is 3. The van der Waals surface area contributed by atoms with E-state index in [0.717, 1.165) is 0 Å². The maximum Gasteiger partial charge on any atom is 0.326 e. The molecule has 0 aliphatic heterocycles. The molecular weight excluding hydrogens is 262 g/mol. The summed E-state index contributed by atoms with van der Waals surface area (Å²) in [6.07, 6.45) is 1.01. The molecule has 3 amide bonds. The Morgan fingerprint density at radius 2 is 1.70 bits per heavy atom. The van der Waals surface area contributed by atoms with E-state index in [4.69, 9.17) is 10.8 Å². The number of rotatable bonds is 8. The van der Waals surface area contributed by atoms with Gasteiger partial charge in [-0.2, -0.15) is 0 Å². The number of amides is 3. The van der Waals surface area contributed by atoms with Crippen LogP contribution in [0.1, 0.15) is 40.5 Å². The first-order valence-corrected chi connectivity index (χ1v) is 6.78. The van der Waals surface area contributed by atoms with Crippen molar-refractivity contribution in [2.75, 3.05) is 0 Å². The van der Waals surface area contributed by atoms with Crippen molar-refractivity contribution in [3.63, 3.8) is 0 Å². The molecule has 0 rings (SSSR count). The van der Waals surface area contributed by atoms with Gasteiger partial charge in [0.1, 0.15) is 12.1 Å². The second kappa shape index (κ2) is 8.39. The highest BCUT2D eigenvalue weighted by molar-refractivity contribution is 5.89. The molecule has 2 unspecified atom stereocenters. The van der Waals surface area contributed by atoms with Gasteiger partial charge in [0.15, 0.2) is 0 Å². The van der Waals surface area contributed by atoms with Gasteiger partial charge in [-0.05, 0) is 18.3 Å². The quantitative estimate of drug-likeness (QED) is 0.524. The predicted octanol–water partition coefficient (Wildman–Crippen LogP) is 0.685. The van der Waals surface area contributed by atoms with E-state index >= 15 is 0 Å². The van der Waals surface area contributed by atoms with Crippen molar-refractivity contribution in [1.82, 2.24) is 10.6 Å².